The van der Waals surface area contributed by atoms with Crippen LogP contribution in [0.25, 0.3) is 0 Å². The van der Waals surface area contributed by atoms with Crippen molar-refractivity contribution < 1.29 is 4.79 Å². The second-order valence-corrected chi connectivity index (χ2v) is 4.56. The maximum absolute atomic E-state index is 10.9. The van der Waals surface area contributed by atoms with Crippen molar-refractivity contribution >= 4 is 35.0 Å². The quantitative estimate of drug-likeness (QED) is 0.684. The van der Waals surface area contributed by atoms with Gasteiger partial charge in [-0.25, -0.2) is 9.97 Å². The zero-order valence-corrected chi connectivity index (χ0v) is 10.7. The molecule has 0 aliphatic carbocycles. The van der Waals surface area contributed by atoms with Gasteiger partial charge in [-0.15, -0.1) is 0 Å². The Bertz CT molecular complexity index is 528. The first-order chi connectivity index (χ1) is 8.20. The fourth-order valence-electron chi connectivity index (χ4n) is 1.37. The smallest absolute Gasteiger partial charge is 0.156 e. The number of nitrogens with zero attached hydrogens (tertiary/aromatic N) is 2. The predicted molar refractivity (Wildman–Crippen MR) is 68.8 cm³/mol. The van der Waals surface area contributed by atoms with E-state index in [2.05, 4.69) is 15.3 Å². The Morgan fingerprint density at radius 3 is 3.00 bits per heavy atom. The van der Waals surface area contributed by atoms with Crippen molar-refractivity contribution in [3.63, 3.8) is 0 Å². The van der Waals surface area contributed by atoms with Gasteiger partial charge in [0.25, 0.3) is 0 Å². The number of hydrogen-bond acceptors (Lipinski definition) is 5. The van der Waals surface area contributed by atoms with Gasteiger partial charge in [-0.3, -0.25) is 4.79 Å². The Morgan fingerprint density at radius 1 is 1.53 bits per heavy atom. The van der Waals surface area contributed by atoms with E-state index in [9.17, 15) is 4.79 Å². The molecular formula is C11H10ClN3OS. The molecule has 2 heterocycles. The Morgan fingerprint density at radius 2 is 2.35 bits per heavy atom. The van der Waals surface area contributed by atoms with Crippen LogP contribution in [0.4, 0.5) is 5.82 Å². The zero-order chi connectivity index (χ0) is 12.3. The van der Waals surface area contributed by atoms with Crippen LogP contribution < -0.4 is 5.32 Å². The van der Waals surface area contributed by atoms with Crippen LogP contribution in [-0.4, -0.2) is 16.3 Å². The number of carbonyl (C=O) groups is 1. The molecule has 0 aliphatic heterocycles. The molecule has 0 bridgehead atoms. The molecule has 88 valence electrons. The van der Waals surface area contributed by atoms with Gasteiger partial charge >= 0.3 is 0 Å². The van der Waals surface area contributed by atoms with E-state index in [-0.39, 0.29) is 5.15 Å². The third-order valence-corrected chi connectivity index (χ3v) is 3.19. The molecule has 0 amide bonds. The number of aldehydes is 1. The van der Waals surface area contributed by atoms with Crippen LogP contribution >= 0.6 is 22.9 Å². The monoisotopic (exact) mass is 267 g/mol. The summed E-state index contributed by atoms with van der Waals surface area (Å²) in [4.78, 5) is 19.0. The largest absolute Gasteiger partial charge is 0.365 e. The summed E-state index contributed by atoms with van der Waals surface area (Å²) in [6.07, 6.45) is 0.664. The van der Waals surface area contributed by atoms with Crippen molar-refractivity contribution in [2.75, 3.05) is 5.32 Å². The molecule has 0 spiro atoms. The first-order valence-corrected chi connectivity index (χ1v) is 6.27. The number of aromatic nitrogens is 2. The van der Waals surface area contributed by atoms with Gasteiger partial charge in [0.2, 0.25) is 0 Å². The van der Waals surface area contributed by atoms with Crippen LogP contribution in [0.3, 0.4) is 0 Å². The molecule has 2 rings (SSSR count). The number of anilines is 1. The van der Waals surface area contributed by atoms with Gasteiger partial charge in [0.15, 0.2) is 6.29 Å². The molecule has 0 aliphatic rings. The highest BCUT2D eigenvalue weighted by atomic mass is 35.5. The fraction of sp³-hybridized carbons (Fsp3) is 0.182. The fourth-order valence-corrected chi connectivity index (χ4v) is 2.29. The highest BCUT2D eigenvalue weighted by molar-refractivity contribution is 7.07. The van der Waals surface area contributed by atoms with Crippen molar-refractivity contribution in [3.05, 3.63) is 38.9 Å². The second kappa shape index (κ2) is 5.25. The van der Waals surface area contributed by atoms with Crippen LogP contribution in [0, 0.1) is 6.92 Å². The van der Waals surface area contributed by atoms with Gasteiger partial charge in [0.1, 0.15) is 16.8 Å². The molecule has 2 aromatic heterocycles. The van der Waals surface area contributed by atoms with E-state index in [0.29, 0.717) is 30.0 Å². The topological polar surface area (TPSA) is 54.9 Å². The second-order valence-electron chi connectivity index (χ2n) is 3.43. The molecule has 17 heavy (non-hydrogen) atoms. The summed E-state index contributed by atoms with van der Waals surface area (Å²) >= 11 is 7.50. The van der Waals surface area contributed by atoms with E-state index >= 15 is 0 Å². The van der Waals surface area contributed by atoms with Crippen LogP contribution in [0.1, 0.15) is 21.7 Å². The van der Waals surface area contributed by atoms with E-state index in [1.807, 2.05) is 16.8 Å². The lowest BCUT2D eigenvalue weighted by Crippen LogP contribution is -2.06. The number of halogens is 1. The first kappa shape index (κ1) is 12.0. The third kappa shape index (κ3) is 2.81. The van der Waals surface area contributed by atoms with Crippen LogP contribution in [0.2, 0.25) is 5.15 Å². The lowest BCUT2D eigenvalue weighted by Gasteiger charge is -2.08. The van der Waals surface area contributed by atoms with Crippen LogP contribution in [-0.2, 0) is 6.54 Å². The van der Waals surface area contributed by atoms with E-state index in [1.54, 1.807) is 18.3 Å². The van der Waals surface area contributed by atoms with Crippen molar-refractivity contribution in [1.82, 2.24) is 9.97 Å². The maximum Gasteiger partial charge on any atom is 0.156 e. The summed E-state index contributed by atoms with van der Waals surface area (Å²) in [6.45, 7) is 2.34. The molecule has 0 saturated carbocycles. The number of aryl methyl sites for hydroxylation is 1. The SMILES string of the molecule is Cc1nc(Cl)c(C=O)c(NCc2ccsc2)n1. The summed E-state index contributed by atoms with van der Waals surface area (Å²) in [5.74, 6) is 1.01. The molecular weight excluding hydrogens is 258 g/mol. The average Bonchev–Trinajstić information content (AvgIpc) is 2.78. The van der Waals surface area contributed by atoms with Gasteiger partial charge in [-0.05, 0) is 29.3 Å². The standard InChI is InChI=1S/C11H10ClN3OS/c1-7-14-10(12)9(5-16)11(15-7)13-4-8-2-3-17-6-8/h2-3,5-6H,4H2,1H3,(H,13,14,15). The molecule has 0 aromatic carbocycles. The number of carbonyl (C=O) groups excluding carboxylic acids is 1. The number of nitrogens with one attached hydrogen (secondary N) is 1. The molecule has 0 saturated heterocycles. The van der Waals surface area contributed by atoms with Crippen LogP contribution in [0.5, 0.6) is 0 Å². The lowest BCUT2D eigenvalue weighted by atomic mass is 10.3. The van der Waals surface area contributed by atoms with Gasteiger partial charge < -0.3 is 5.32 Å². The Balaban J connectivity index is 2.22. The minimum absolute atomic E-state index is 0.181. The zero-order valence-electron chi connectivity index (χ0n) is 9.11. The molecule has 0 radical (unpaired) electrons. The minimum atomic E-state index is 0.181. The van der Waals surface area contributed by atoms with E-state index in [1.165, 1.54) is 0 Å². The highest BCUT2D eigenvalue weighted by Crippen LogP contribution is 2.19. The summed E-state index contributed by atoms with van der Waals surface area (Å²) in [5.41, 5.74) is 1.44. The summed E-state index contributed by atoms with van der Waals surface area (Å²) in [7, 11) is 0. The number of hydrogen-bond donors (Lipinski definition) is 1. The molecule has 6 heteroatoms. The van der Waals surface area contributed by atoms with Crippen molar-refractivity contribution in [1.29, 1.82) is 0 Å². The van der Waals surface area contributed by atoms with E-state index < -0.39 is 0 Å². The Kier molecular flexibility index (Phi) is 3.71. The average molecular weight is 268 g/mol. The van der Waals surface area contributed by atoms with Crippen LogP contribution in [0.15, 0.2) is 16.8 Å². The molecule has 1 N–H and O–H groups in total. The predicted octanol–water partition coefficient (Wildman–Crippen LogP) is 2.92. The lowest BCUT2D eigenvalue weighted by molar-refractivity contribution is 0.112. The maximum atomic E-state index is 10.9. The number of thiophene rings is 1. The Labute approximate surface area is 108 Å². The summed E-state index contributed by atoms with van der Waals surface area (Å²) in [5, 5.41) is 7.30. The summed E-state index contributed by atoms with van der Waals surface area (Å²) in [6, 6.07) is 2.01. The van der Waals surface area contributed by atoms with Crippen molar-refractivity contribution in [3.8, 4) is 0 Å². The summed E-state index contributed by atoms with van der Waals surface area (Å²) < 4.78 is 0. The molecule has 4 nitrogen and oxygen atoms in total. The molecule has 0 unspecified atom stereocenters. The highest BCUT2D eigenvalue weighted by Gasteiger charge is 2.10. The van der Waals surface area contributed by atoms with Gasteiger partial charge in [-0.1, -0.05) is 11.6 Å². The van der Waals surface area contributed by atoms with E-state index in [0.717, 1.165) is 5.56 Å². The third-order valence-electron chi connectivity index (χ3n) is 2.17. The minimum Gasteiger partial charge on any atom is -0.365 e. The molecule has 0 fully saturated rings. The van der Waals surface area contributed by atoms with Gasteiger partial charge in [-0.2, -0.15) is 11.3 Å². The van der Waals surface area contributed by atoms with Gasteiger partial charge in [0, 0.05) is 6.54 Å². The normalized spacial score (nSPS) is 10.2. The van der Waals surface area contributed by atoms with E-state index in [4.69, 9.17) is 11.6 Å². The van der Waals surface area contributed by atoms with Gasteiger partial charge in [0.05, 0.1) is 5.56 Å². The van der Waals surface area contributed by atoms with Crippen molar-refractivity contribution in [2.24, 2.45) is 0 Å². The molecule has 0 atom stereocenters. The van der Waals surface area contributed by atoms with Crippen molar-refractivity contribution in [2.45, 2.75) is 13.5 Å². The first-order valence-electron chi connectivity index (χ1n) is 4.95. The number of rotatable bonds is 4. The molecule has 2 aromatic rings. The Hall–Kier alpha value is -1.46.